The predicted octanol–water partition coefficient (Wildman–Crippen LogP) is 10.6. The molecule has 0 fully saturated rings. The van der Waals surface area contributed by atoms with Gasteiger partial charge in [0.05, 0.1) is 0 Å². The molecule has 3 nitrogen and oxygen atoms in total. The molecule has 0 heterocycles. The largest absolute Gasteiger partial charge is 0.317 e. The van der Waals surface area contributed by atoms with E-state index in [1.54, 1.807) is 0 Å². The fourth-order valence-electron chi connectivity index (χ4n) is 6.57. The van der Waals surface area contributed by atoms with Crippen LogP contribution in [0.15, 0.2) is 109 Å². The summed E-state index contributed by atoms with van der Waals surface area (Å²) in [4.78, 5) is 0. The van der Waals surface area contributed by atoms with Gasteiger partial charge in [0.25, 0.3) is 0 Å². The minimum atomic E-state index is 0. The molecule has 0 aliphatic heterocycles. The van der Waals surface area contributed by atoms with Crippen LogP contribution in [0.4, 0.5) is 0 Å². The first-order valence-corrected chi connectivity index (χ1v) is 19.2. The van der Waals surface area contributed by atoms with E-state index >= 15 is 0 Å². The first-order valence-electron chi connectivity index (χ1n) is 19.2. The summed E-state index contributed by atoms with van der Waals surface area (Å²) >= 11 is 0. The SMILES string of the molecule is Cl.Cl.Cl.c1ccc(CCCCNCCCc2cc(CCCNCCCCc3ccccc3)cc(CCCNCCCCc3ccccc3)c2)cc1. The zero-order valence-corrected chi connectivity index (χ0v) is 33.4. The molecule has 0 spiro atoms. The maximum absolute atomic E-state index is 3.70. The zero-order valence-electron chi connectivity index (χ0n) is 31.0. The number of hydrogen-bond acceptors (Lipinski definition) is 3. The van der Waals surface area contributed by atoms with Crippen molar-refractivity contribution in [2.45, 2.75) is 96.3 Å². The van der Waals surface area contributed by atoms with Crippen LogP contribution in [-0.2, 0) is 38.5 Å². The van der Waals surface area contributed by atoms with Crippen molar-refractivity contribution in [3.63, 3.8) is 0 Å². The van der Waals surface area contributed by atoms with E-state index in [-0.39, 0.29) is 37.2 Å². The Morgan fingerprint density at radius 1 is 0.255 bits per heavy atom. The van der Waals surface area contributed by atoms with Crippen molar-refractivity contribution >= 4 is 37.2 Å². The summed E-state index contributed by atoms with van der Waals surface area (Å²) in [5.41, 5.74) is 8.94. The van der Waals surface area contributed by atoms with Crippen molar-refractivity contribution in [1.29, 1.82) is 0 Å². The van der Waals surface area contributed by atoms with E-state index in [9.17, 15) is 0 Å². The van der Waals surface area contributed by atoms with E-state index in [1.165, 1.54) is 110 Å². The third-order valence-electron chi connectivity index (χ3n) is 9.30. The van der Waals surface area contributed by atoms with Crippen LogP contribution in [0.5, 0.6) is 0 Å². The summed E-state index contributed by atoms with van der Waals surface area (Å²) in [6, 6.07) is 40.1. The lowest BCUT2D eigenvalue weighted by molar-refractivity contribution is 0.599. The number of hydrogen-bond donors (Lipinski definition) is 3. The van der Waals surface area contributed by atoms with E-state index in [0.29, 0.717) is 0 Å². The van der Waals surface area contributed by atoms with E-state index in [4.69, 9.17) is 0 Å². The molecule has 0 radical (unpaired) electrons. The van der Waals surface area contributed by atoms with Crippen LogP contribution < -0.4 is 16.0 Å². The quantitative estimate of drug-likeness (QED) is 0.0531. The van der Waals surface area contributed by atoms with Gasteiger partial charge in [0.2, 0.25) is 0 Å². The summed E-state index contributed by atoms with van der Waals surface area (Å²) in [6.45, 7) is 6.68. The van der Waals surface area contributed by atoms with E-state index in [1.807, 2.05) is 0 Å². The maximum atomic E-state index is 3.70. The van der Waals surface area contributed by atoms with Gasteiger partial charge in [-0.2, -0.15) is 0 Å². The lowest BCUT2D eigenvalue weighted by Crippen LogP contribution is -2.18. The summed E-state index contributed by atoms with van der Waals surface area (Å²) in [5, 5.41) is 11.1. The molecule has 0 saturated heterocycles. The molecule has 6 heteroatoms. The van der Waals surface area contributed by atoms with Gasteiger partial charge in [0, 0.05) is 0 Å². The predicted molar refractivity (Wildman–Crippen MR) is 230 cm³/mol. The Morgan fingerprint density at radius 3 is 0.765 bits per heavy atom. The molecule has 51 heavy (non-hydrogen) atoms. The second kappa shape index (κ2) is 31.2. The van der Waals surface area contributed by atoms with Crippen LogP contribution in [0.1, 0.15) is 91.2 Å². The molecular weight excluding hydrogens is 689 g/mol. The van der Waals surface area contributed by atoms with Gasteiger partial charge in [-0.1, -0.05) is 109 Å². The molecule has 0 aliphatic rings. The standard InChI is InChI=1S/C45H63N3.3ClH/c1-4-19-40(20-5-1)25-10-13-31-46-34-16-28-43-37-44(29-17-35-47-32-14-11-26-41-21-6-2-7-22-41)39-45(38-43)30-18-36-48-33-15-12-27-42-23-8-3-9-24-42;;;/h1-9,19-24,37-39,46-48H,10-18,25-36H2;3*1H. The summed E-state index contributed by atoms with van der Waals surface area (Å²) in [7, 11) is 0. The fraction of sp³-hybridized carbons (Fsp3) is 0.467. The number of nitrogens with one attached hydrogen (secondary N) is 3. The molecule has 0 saturated carbocycles. The van der Waals surface area contributed by atoms with Gasteiger partial charge in [-0.3, -0.25) is 0 Å². The highest BCUT2D eigenvalue weighted by atomic mass is 35.5. The number of aryl methyl sites for hydroxylation is 6. The van der Waals surface area contributed by atoms with Gasteiger partial charge in [0.1, 0.15) is 0 Å². The Labute approximate surface area is 329 Å². The van der Waals surface area contributed by atoms with Gasteiger partial charge >= 0.3 is 0 Å². The van der Waals surface area contributed by atoms with Crippen LogP contribution in [0, 0.1) is 0 Å². The zero-order chi connectivity index (χ0) is 33.2. The first-order chi connectivity index (χ1) is 23.8. The molecule has 0 unspecified atom stereocenters. The van der Waals surface area contributed by atoms with Gasteiger partial charge in [-0.05, 0) is 169 Å². The monoisotopic (exact) mass is 753 g/mol. The average molecular weight is 755 g/mol. The van der Waals surface area contributed by atoms with Gasteiger partial charge in [0.15, 0.2) is 0 Å². The maximum Gasteiger partial charge on any atom is -0.00457 e. The molecular formula is C45H66Cl3N3. The average Bonchev–Trinajstić information content (AvgIpc) is 3.13. The van der Waals surface area contributed by atoms with Crippen LogP contribution in [0.25, 0.3) is 0 Å². The minimum Gasteiger partial charge on any atom is -0.317 e. The second-order valence-electron chi connectivity index (χ2n) is 13.5. The second-order valence-corrected chi connectivity index (χ2v) is 13.5. The van der Waals surface area contributed by atoms with Crippen LogP contribution in [0.2, 0.25) is 0 Å². The third kappa shape index (κ3) is 22.3. The van der Waals surface area contributed by atoms with Crippen LogP contribution in [-0.4, -0.2) is 39.3 Å². The molecule has 4 rings (SSSR count). The van der Waals surface area contributed by atoms with Crippen molar-refractivity contribution in [3.8, 4) is 0 Å². The molecule has 3 N–H and O–H groups in total. The topological polar surface area (TPSA) is 36.1 Å². The molecule has 0 aliphatic carbocycles. The Hall–Kier alpha value is -2.37. The summed E-state index contributed by atoms with van der Waals surface area (Å²) in [6.07, 6.45) is 18.2. The van der Waals surface area contributed by atoms with Crippen molar-refractivity contribution in [2.75, 3.05) is 39.3 Å². The van der Waals surface area contributed by atoms with Crippen molar-refractivity contribution in [2.24, 2.45) is 0 Å². The smallest absolute Gasteiger partial charge is 0.00457 e. The molecule has 0 bridgehead atoms. The van der Waals surface area contributed by atoms with Gasteiger partial charge in [-0.15, -0.1) is 37.2 Å². The molecule has 4 aromatic carbocycles. The van der Waals surface area contributed by atoms with Crippen LogP contribution in [0.3, 0.4) is 0 Å². The molecule has 0 amide bonds. The summed E-state index contributed by atoms with van der Waals surface area (Å²) < 4.78 is 0. The fourth-order valence-corrected chi connectivity index (χ4v) is 6.57. The number of halogens is 3. The number of unbranched alkanes of at least 4 members (excludes halogenated alkanes) is 3. The van der Waals surface area contributed by atoms with Gasteiger partial charge in [-0.25, -0.2) is 0 Å². The molecule has 4 aromatic rings. The highest BCUT2D eigenvalue weighted by Gasteiger charge is 2.04. The number of rotatable bonds is 27. The van der Waals surface area contributed by atoms with Crippen molar-refractivity contribution in [3.05, 3.63) is 143 Å². The molecule has 282 valence electrons. The Kier molecular flexibility index (Phi) is 28.5. The Bertz CT molecular complexity index is 1160. The third-order valence-corrected chi connectivity index (χ3v) is 9.30. The van der Waals surface area contributed by atoms with E-state index in [2.05, 4.69) is 125 Å². The highest BCUT2D eigenvalue weighted by Crippen LogP contribution is 2.16. The first kappa shape index (κ1) is 46.7. The Morgan fingerprint density at radius 2 is 0.490 bits per heavy atom. The van der Waals surface area contributed by atoms with Crippen LogP contribution >= 0.6 is 37.2 Å². The lowest BCUT2D eigenvalue weighted by Gasteiger charge is -2.12. The highest BCUT2D eigenvalue weighted by molar-refractivity contribution is 5.86. The van der Waals surface area contributed by atoms with E-state index in [0.717, 1.165) is 58.5 Å². The van der Waals surface area contributed by atoms with E-state index < -0.39 is 0 Å². The number of benzene rings is 4. The Balaban J connectivity index is 0.00000433. The molecule has 0 atom stereocenters. The normalized spacial score (nSPS) is 10.6. The van der Waals surface area contributed by atoms with Crippen molar-refractivity contribution < 1.29 is 0 Å². The van der Waals surface area contributed by atoms with Gasteiger partial charge < -0.3 is 16.0 Å². The lowest BCUT2D eigenvalue weighted by atomic mass is 9.97. The minimum absolute atomic E-state index is 0. The molecule has 0 aromatic heterocycles. The summed E-state index contributed by atoms with van der Waals surface area (Å²) in [5.74, 6) is 0. The van der Waals surface area contributed by atoms with Crippen molar-refractivity contribution in [1.82, 2.24) is 16.0 Å².